The third kappa shape index (κ3) is 0.956. The minimum absolute atomic E-state index is 0.845. The highest BCUT2D eigenvalue weighted by Crippen LogP contribution is 2.32. The zero-order chi connectivity index (χ0) is 6.97. The molecule has 2 aliphatic rings. The van der Waals surface area contributed by atoms with Gasteiger partial charge in [-0.1, -0.05) is 0 Å². The Morgan fingerprint density at radius 2 is 2.40 bits per heavy atom. The van der Waals surface area contributed by atoms with Gasteiger partial charge in [0.2, 0.25) is 0 Å². The van der Waals surface area contributed by atoms with E-state index in [1.54, 1.807) is 0 Å². The fourth-order valence-corrected chi connectivity index (χ4v) is 2.43. The summed E-state index contributed by atoms with van der Waals surface area (Å²) in [6, 6.07) is 1.71. The van der Waals surface area contributed by atoms with Crippen LogP contribution in [0.4, 0.5) is 0 Å². The predicted octanol–water partition coefficient (Wildman–Crippen LogP) is 0.346. The van der Waals surface area contributed by atoms with Crippen molar-refractivity contribution in [2.45, 2.75) is 31.3 Å². The molecule has 0 saturated carbocycles. The molecule has 0 spiro atoms. The SMILES string of the molecule is CNCC1CC2CCC1N2. The number of nitrogens with one attached hydrogen (secondary N) is 2. The van der Waals surface area contributed by atoms with Crippen LogP contribution in [0.2, 0.25) is 0 Å². The standard InChI is InChI=1S/C8H16N2/c1-9-5-6-4-7-2-3-8(6)10-7/h6-10H,2-5H2,1H3. The molecule has 2 heteroatoms. The van der Waals surface area contributed by atoms with Crippen molar-refractivity contribution in [3.63, 3.8) is 0 Å². The Morgan fingerprint density at radius 3 is 2.90 bits per heavy atom. The second kappa shape index (κ2) is 2.51. The smallest absolute Gasteiger partial charge is 0.0111 e. The molecule has 2 aliphatic heterocycles. The fraction of sp³-hybridized carbons (Fsp3) is 1.00. The van der Waals surface area contributed by atoms with Crippen molar-refractivity contribution in [3.8, 4) is 0 Å². The monoisotopic (exact) mass is 140 g/mol. The Morgan fingerprint density at radius 1 is 1.50 bits per heavy atom. The summed E-state index contributed by atoms with van der Waals surface area (Å²) in [5, 5.41) is 6.88. The van der Waals surface area contributed by atoms with Gasteiger partial charge < -0.3 is 10.6 Å². The van der Waals surface area contributed by atoms with Gasteiger partial charge in [-0.05, 0) is 38.8 Å². The first kappa shape index (κ1) is 6.62. The van der Waals surface area contributed by atoms with Crippen molar-refractivity contribution in [1.82, 2.24) is 10.6 Å². The quantitative estimate of drug-likeness (QED) is 0.578. The lowest BCUT2D eigenvalue weighted by atomic mass is 9.89. The number of hydrogen-bond donors (Lipinski definition) is 2. The van der Waals surface area contributed by atoms with Gasteiger partial charge in [0, 0.05) is 12.1 Å². The van der Waals surface area contributed by atoms with E-state index in [0.717, 1.165) is 18.0 Å². The zero-order valence-electron chi connectivity index (χ0n) is 6.56. The largest absolute Gasteiger partial charge is 0.319 e. The number of fused-ring (bicyclic) bond motifs is 2. The first-order valence-electron chi connectivity index (χ1n) is 4.31. The third-order valence-corrected chi connectivity index (χ3v) is 2.90. The molecular weight excluding hydrogens is 124 g/mol. The van der Waals surface area contributed by atoms with Crippen LogP contribution in [0.5, 0.6) is 0 Å². The molecule has 2 saturated heterocycles. The van der Waals surface area contributed by atoms with Crippen LogP contribution in [0.15, 0.2) is 0 Å². The van der Waals surface area contributed by atoms with Crippen LogP contribution in [0.3, 0.4) is 0 Å². The molecule has 2 nitrogen and oxygen atoms in total. The fourth-order valence-electron chi connectivity index (χ4n) is 2.43. The zero-order valence-corrected chi connectivity index (χ0v) is 6.56. The molecule has 58 valence electrons. The van der Waals surface area contributed by atoms with Gasteiger partial charge in [-0.25, -0.2) is 0 Å². The lowest BCUT2D eigenvalue weighted by Crippen LogP contribution is -2.29. The van der Waals surface area contributed by atoms with Crippen molar-refractivity contribution < 1.29 is 0 Å². The van der Waals surface area contributed by atoms with Gasteiger partial charge >= 0.3 is 0 Å². The van der Waals surface area contributed by atoms with Gasteiger partial charge in [0.25, 0.3) is 0 Å². The molecule has 2 fully saturated rings. The Balaban J connectivity index is 1.90. The molecule has 10 heavy (non-hydrogen) atoms. The summed E-state index contributed by atoms with van der Waals surface area (Å²) < 4.78 is 0. The third-order valence-electron chi connectivity index (χ3n) is 2.90. The Kier molecular flexibility index (Phi) is 1.66. The molecule has 2 heterocycles. The molecule has 3 atom stereocenters. The average Bonchev–Trinajstić information content (AvgIpc) is 2.48. The van der Waals surface area contributed by atoms with Gasteiger partial charge in [-0.3, -0.25) is 0 Å². The van der Waals surface area contributed by atoms with E-state index >= 15 is 0 Å². The lowest BCUT2D eigenvalue weighted by Gasteiger charge is -2.18. The van der Waals surface area contributed by atoms with Crippen LogP contribution in [0.25, 0.3) is 0 Å². The molecule has 0 aromatic carbocycles. The van der Waals surface area contributed by atoms with Crippen molar-refractivity contribution in [3.05, 3.63) is 0 Å². The lowest BCUT2D eigenvalue weighted by molar-refractivity contribution is 0.394. The Labute approximate surface area is 62.4 Å². The molecule has 2 rings (SSSR count). The van der Waals surface area contributed by atoms with E-state index in [2.05, 4.69) is 10.6 Å². The summed E-state index contributed by atoms with van der Waals surface area (Å²) in [6.07, 6.45) is 4.24. The maximum atomic E-state index is 3.62. The van der Waals surface area contributed by atoms with E-state index in [4.69, 9.17) is 0 Å². The van der Waals surface area contributed by atoms with Gasteiger partial charge in [-0.15, -0.1) is 0 Å². The van der Waals surface area contributed by atoms with Crippen LogP contribution in [0.1, 0.15) is 19.3 Å². The van der Waals surface area contributed by atoms with Crippen LogP contribution < -0.4 is 10.6 Å². The molecule has 0 aromatic heterocycles. The first-order valence-corrected chi connectivity index (χ1v) is 4.31. The van der Waals surface area contributed by atoms with Gasteiger partial charge in [0.05, 0.1) is 0 Å². The summed E-state index contributed by atoms with van der Waals surface area (Å²) in [4.78, 5) is 0. The van der Waals surface area contributed by atoms with Crippen molar-refractivity contribution >= 4 is 0 Å². The van der Waals surface area contributed by atoms with Crippen molar-refractivity contribution in [2.24, 2.45) is 5.92 Å². The minimum atomic E-state index is 0.845. The van der Waals surface area contributed by atoms with Crippen LogP contribution in [-0.4, -0.2) is 25.7 Å². The van der Waals surface area contributed by atoms with Gasteiger partial charge in [0.15, 0.2) is 0 Å². The molecular formula is C8H16N2. The van der Waals surface area contributed by atoms with E-state index in [-0.39, 0.29) is 0 Å². The molecule has 0 radical (unpaired) electrons. The van der Waals surface area contributed by atoms with Gasteiger partial charge in [0.1, 0.15) is 0 Å². The Bertz CT molecular complexity index is 124. The highest BCUT2D eigenvalue weighted by atomic mass is 15.0. The molecule has 0 amide bonds. The number of rotatable bonds is 2. The summed E-state index contributed by atoms with van der Waals surface area (Å²) in [7, 11) is 2.05. The van der Waals surface area contributed by atoms with Gasteiger partial charge in [-0.2, -0.15) is 0 Å². The first-order chi connectivity index (χ1) is 4.90. The number of hydrogen-bond acceptors (Lipinski definition) is 2. The van der Waals surface area contributed by atoms with Crippen molar-refractivity contribution in [2.75, 3.05) is 13.6 Å². The predicted molar refractivity (Wildman–Crippen MR) is 42.0 cm³/mol. The second-order valence-electron chi connectivity index (χ2n) is 3.60. The molecule has 0 aliphatic carbocycles. The van der Waals surface area contributed by atoms with E-state index < -0.39 is 0 Å². The molecule has 0 aromatic rings. The van der Waals surface area contributed by atoms with Crippen LogP contribution >= 0.6 is 0 Å². The summed E-state index contributed by atoms with van der Waals surface area (Å²) in [5.41, 5.74) is 0. The summed E-state index contributed by atoms with van der Waals surface area (Å²) in [6.45, 7) is 1.20. The minimum Gasteiger partial charge on any atom is -0.319 e. The van der Waals surface area contributed by atoms with E-state index in [9.17, 15) is 0 Å². The molecule has 2 N–H and O–H groups in total. The molecule has 2 bridgehead atoms. The highest BCUT2D eigenvalue weighted by molar-refractivity contribution is 4.97. The topological polar surface area (TPSA) is 24.1 Å². The molecule has 3 unspecified atom stereocenters. The maximum Gasteiger partial charge on any atom is 0.0111 e. The van der Waals surface area contributed by atoms with Crippen LogP contribution in [-0.2, 0) is 0 Å². The van der Waals surface area contributed by atoms with E-state index in [0.29, 0.717) is 0 Å². The average molecular weight is 140 g/mol. The van der Waals surface area contributed by atoms with Crippen LogP contribution in [0, 0.1) is 5.92 Å². The normalized spacial score (nSPS) is 44.7. The summed E-state index contributed by atoms with van der Waals surface area (Å²) >= 11 is 0. The summed E-state index contributed by atoms with van der Waals surface area (Å²) in [5.74, 6) is 0.920. The highest BCUT2D eigenvalue weighted by Gasteiger charge is 2.38. The van der Waals surface area contributed by atoms with Crippen molar-refractivity contribution in [1.29, 1.82) is 0 Å². The Hall–Kier alpha value is -0.0800. The van der Waals surface area contributed by atoms with E-state index in [1.807, 2.05) is 7.05 Å². The maximum absolute atomic E-state index is 3.62. The van der Waals surface area contributed by atoms with E-state index in [1.165, 1.54) is 25.8 Å². The second-order valence-corrected chi connectivity index (χ2v) is 3.60.